The molecule has 1 heterocycles. The van der Waals surface area contributed by atoms with E-state index in [2.05, 4.69) is 5.32 Å². The van der Waals surface area contributed by atoms with E-state index in [1.807, 2.05) is 30.3 Å². The molecule has 0 bridgehead atoms. The van der Waals surface area contributed by atoms with Crippen LogP contribution in [0, 0.1) is 0 Å². The first-order chi connectivity index (χ1) is 7.86. The largest absolute Gasteiger partial charge is 0.508 e. The van der Waals surface area contributed by atoms with Crippen LogP contribution in [0.25, 0.3) is 0 Å². The Labute approximate surface area is 107 Å². The summed E-state index contributed by atoms with van der Waals surface area (Å²) in [7, 11) is 0. The summed E-state index contributed by atoms with van der Waals surface area (Å²) in [5, 5.41) is 12.8. The molecule has 1 aromatic heterocycles. The molecule has 0 atom stereocenters. The lowest BCUT2D eigenvalue weighted by atomic mass is 10.1. The Bertz CT molecular complexity index is 429. The lowest BCUT2D eigenvalue weighted by molar-refractivity contribution is 0.463. The fourth-order valence-corrected chi connectivity index (χ4v) is 1.57. The number of phenolic OH excluding ortho intramolecular Hbond substituents is 1. The van der Waals surface area contributed by atoms with E-state index in [1.165, 1.54) is 0 Å². The Kier molecular flexibility index (Phi) is 5.60. The maximum atomic E-state index is 9.55. The van der Waals surface area contributed by atoms with Gasteiger partial charge in [0.1, 0.15) is 11.5 Å². The van der Waals surface area contributed by atoms with Crippen LogP contribution in [0.2, 0.25) is 0 Å². The number of para-hydroxylation sites is 1. The molecule has 4 heteroatoms. The first-order valence-corrected chi connectivity index (χ1v) is 5.36. The molecular formula is C13H16ClNO2. The standard InChI is InChI=1S/C13H15NO2.ClH/c15-13-6-2-1-4-11(13)7-8-14-10-12-5-3-9-16-12;/h1-6,9,14-15H,7-8,10H2;1H. The monoisotopic (exact) mass is 253 g/mol. The summed E-state index contributed by atoms with van der Waals surface area (Å²) in [4.78, 5) is 0. The first-order valence-electron chi connectivity index (χ1n) is 5.36. The lowest BCUT2D eigenvalue weighted by Gasteiger charge is -2.04. The van der Waals surface area contributed by atoms with Gasteiger partial charge in [-0.05, 0) is 36.7 Å². The molecule has 1 aromatic carbocycles. The van der Waals surface area contributed by atoms with Crippen molar-refractivity contribution in [3.8, 4) is 5.75 Å². The third-order valence-electron chi connectivity index (χ3n) is 2.44. The van der Waals surface area contributed by atoms with Crippen molar-refractivity contribution in [2.24, 2.45) is 0 Å². The maximum absolute atomic E-state index is 9.55. The molecule has 0 amide bonds. The minimum Gasteiger partial charge on any atom is -0.508 e. The van der Waals surface area contributed by atoms with Gasteiger partial charge in [0.05, 0.1) is 12.8 Å². The normalized spacial score (nSPS) is 9.88. The number of rotatable bonds is 5. The second-order valence-electron chi connectivity index (χ2n) is 3.63. The van der Waals surface area contributed by atoms with Crippen molar-refractivity contribution in [2.75, 3.05) is 6.54 Å². The van der Waals surface area contributed by atoms with Gasteiger partial charge in [0.2, 0.25) is 0 Å². The highest BCUT2D eigenvalue weighted by Gasteiger charge is 1.99. The van der Waals surface area contributed by atoms with E-state index < -0.39 is 0 Å². The molecule has 2 N–H and O–H groups in total. The van der Waals surface area contributed by atoms with Crippen molar-refractivity contribution >= 4 is 12.4 Å². The molecule has 0 fully saturated rings. The summed E-state index contributed by atoms with van der Waals surface area (Å²) in [5.74, 6) is 1.29. The van der Waals surface area contributed by atoms with Crippen molar-refractivity contribution in [1.82, 2.24) is 5.32 Å². The summed E-state index contributed by atoms with van der Waals surface area (Å²) in [5.41, 5.74) is 0.967. The van der Waals surface area contributed by atoms with Crippen molar-refractivity contribution < 1.29 is 9.52 Å². The van der Waals surface area contributed by atoms with E-state index in [-0.39, 0.29) is 12.4 Å². The molecule has 0 unspecified atom stereocenters. The third kappa shape index (κ3) is 4.13. The Morgan fingerprint density at radius 3 is 2.65 bits per heavy atom. The summed E-state index contributed by atoms with van der Waals surface area (Å²) >= 11 is 0. The smallest absolute Gasteiger partial charge is 0.118 e. The average molecular weight is 254 g/mol. The van der Waals surface area contributed by atoms with E-state index in [0.717, 1.165) is 30.8 Å². The number of hydrogen-bond acceptors (Lipinski definition) is 3. The van der Waals surface area contributed by atoms with Crippen LogP contribution in [0.1, 0.15) is 11.3 Å². The van der Waals surface area contributed by atoms with Crippen LogP contribution in [0.5, 0.6) is 5.75 Å². The first kappa shape index (κ1) is 13.6. The average Bonchev–Trinajstić information content (AvgIpc) is 2.79. The number of furan rings is 1. The van der Waals surface area contributed by atoms with Crippen molar-refractivity contribution in [3.05, 3.63) is 54.0 Å². The van der Waals surface area contributed by atoms with Gasteiger partial charge in [-0.3, -0.25) is 0 Å². The quantitative estimate of drug-likeness (QED) is 0.806. The molecule has 2 rings (SSSR count). The van der Waals surface area contributed by atoms with E-state index in [0.29, 0.717) is 5.75 Å². The van der Waals surface area contributed by atoms with Gasteiger partial charge in [0.25, 0.3) is 0 Å². The van der Waals surface area contributed by atoms with Crippen LogP contribution in [0.15, 0.2) is 47.1 Å². The van der Waals surface area contributed by atoms with Gasteiger partial charge in [-0.25, -0.2) is 0 Å². The number of nitrogens with one attached hydrogen (secondary N) is 1. The lowest BCUT2D eigenvalue weighted by Crippen LogP contribution is -2.16. The molecule has 0 spiro atoms. The van der Waals surface area contributed by atoms with E-state index in [1.54, 1.807) is 12.3 Å². The number of aromatic hydroxyl groups is 1. The Balaban J connectivity index is 0.00000144. The minimum absolute atomic E-state index is 0. The molecule has 17 heavy (non-hydrogen) atoms. The van der Waals surface area contributed by atoms with Gasteiger partial charge in [0.15, 0.2) is 0 Å². The van der Waals surface area contributed by atoms with Crippen molar-refractivity contribution in [1.29, 1.82) is 0 Å². The zero-order valence-electron chi connectivity index (χ0n) is 9.43. The minimum atomic E-state index is 0. The highest BCUT2D eigenvalue weighted by Crippen LogP contribution is 2.15. The van der Waals surface area contributed by atoms with Crippen LogP contribution in [0.3, 0.4) is 0 Å². The van der Waals surface area contributed by atoms with Gasteiger partial charge >= 0.3 is 0 Å². The molecule has 92 valence electrons. The topological polar surface area (TPSA) is 45.4 Å². The predicted molar refractivity (Wildman–Crippen MR) is 69.5 cm³/mol. The number of hydrogen-bond donors (Lipinski definition) is 2. The molecule has 2 aromatic rings. The summed E-state index contributed by atoms with van der Waals surface area (Å²) < 4.78 is 5.20. The highest BCUT2D eigenvalue weighted by molar-refractivity contribution is 5.85. The van der Waals surface area contributed by atoms with Crippen LogP contribution in [-0.2, 0) is 13.0 Å². The highest BCUT2D eigenvalue weighted by atomic mass is 35.5. The van der Waals surface area contributed by atoms with E-state index in [4.69, 9.17) is 4.42 Å². The molecule has 0 aliphatic rings. The maximum Gasteiger partial charge on any atom is 0.118 e. The number of benzene rings is 1. The zero-order valence-corrected chi connectivity index (χ0v) is 10.2. The van der Waals surface area contributed by atoms with Gasteiger partial charge in [0, 0.05) is 0 Å². The molecular weight excluding hydrogens is 238 g/mol. The second-order valence-corrected chi connectivity index (χ2v) is 3.63. The summed E-state index contributed by atoms with van der Waals surface area (Å²) in [6.45, 7) is 1.54. The predicted octanol–water partition coefficient (Wildman–Crippen LogP) is 2.74. The Hall–Kier alpha value is -1.45. The number of halogens is 1. The van der Waals surface area contributed by atoms with Gasteiger partial charge < -0.3 is 14.8 Å². The Morgan fingerprint density at radius 2 is 1.94 bits per heavy atom. The van der Waals surface area contributed by atoms with Gasteiger partial charge in [-0.2, -0.15) is 0 Å². The van der Waals surface area contributed by atoms with E-state index >= 15 is 0 Å². The van der Waals surface area contributed by atoms with Crippen molar-refractivity contribution in [3.63, 3.8) is 0 Å². The molecule has 0 saturated carbocycles. The molecule has 0 aliphatic heterocycles. The van der Waals surface area contributed by atoms with E-state index in [9.17, 15) is 5.11 Å². The molecule has 3 nitrogen and oxygen atoms in total. The van der Waals surface area contributed by atoms with Gasteiger partial charge in [-0.1, -0.05) is 18.2 Å². The summed E-state index contributed by atoms with van der Waals surface area (Å²) in [6.07, 6.45) is 2.48. The van der Waals surface area contributed by atoms with Crippen LogP contribution in [-0.4, -0.2) is 11.7 Å². The summed E-state index contributed by atoms with van der Waals surface area (Å²) in [6, 6.07) is 11.2. The SMILES string of the molecule is Cl.Oc1ccccc1CCNCc1ccco1. The van der Waals surface area contributed by atoms with Crippen molar-refractivity contribution in [2.45, 2.75) is 13.0 Å². The Morgan fingerprint density at radius 1 is 1.12 bits per heavy atom. The second kappa shape index (κ2) is 6.99. The zero-order chi connectivity index (χ0) is 11.2. The molecule has 0 radical (unpaired) electrons. The molecule has 0 aliphatic carbocycles. The van der Waals surface area contributed by atoms with Crippen LogP contribution >= 0.6 is 12.4 Å². The van der Waals surface area contributed by atoms with Gasteiger partial charge in [-0.15, -0.1) is 12.4 Å². The fourth-order valence-electron chi connectivity index (χ4n) is 1.57. The fraction of sp³-hybridized carbons (Fsp3) is 0.231. The molecule has 0 saturated heterocycles. The third-order valence-corrected chi connectivity index (χ3v) is 2.44. The number of phenols is 1. The van der Waals surface area contributed by atoms with Crippen LogP contribution in [0.4, 0.5) is 0 Å². The van der Waals surface area contributed by atoms with Crippen LogP contribution < -0.4 is 5.32 Å².